The van der Waals surface area contributed by atoms with Crippen LogP contribution in [-0.2, 0) is 4.74 Å². The standard InChI is InChI=1S/C10H9NOS/c1-12-7-6-10-11-8-4-2-3-5-9(8)13-10/h2-7H,1H3/b7-6-. The molecule has 0 radical (unpaired) electrons. The van der Waals surface area contributed by atoms with E-state index < -0.39 is 0 Å². The second-order valence-electron chi connectivity index (χ2n) is 2.56. The fourth-order valence-corrected chi connectivity index (χ4v) is 1.95. The van der Waals surface area contributed by atoms with Crippen LogP contribution in [0.5, 0.6) is 0 Å². The molecule has 0 spiro atoms. The Bertz CT molecular complexity index is 400. The number of fused-ring (bicyclic) bond motifs is 1. The average molecular weight is 191 g/mol. The minimum atomic E-state index is 0.975. The van der Waals surface area contributed by atoms with Gasteiger partial charge in [-0.2, -0.15) is 0 Å². The van der Waals surface area contributed by atoms with Crippen molar-refractivity contribution < 1.29 is 4.74 Å². The van der Waals surface area contributed by atoms with Crippen molar-refractivity contribution in [3.63, 3.8) is 0 Å². The minimum absolute atomic E-state index is 0.975. The van der Waals surface area contributed by atoms with E-state index in [9.17, 15) is 0 Å². The predicted molar refractivity (Wildman–Crippen MR) is 55.7 cm³/mol. The highest BCUT2D eigenvalue weighted by atomic mass is 32.1. The molecular weight excluding hydrogens is 182 g/mol. The number of hydrogen-bond acceptors (Lipinski definition) is 3. The van der Waals surface area contributed by atoms with Crippen LogP contribution >= 0.6 is 11.3 Å². The molecule has 2 rings (SSSR count). The van der Waals surface area contributed by atoms with Crippen LogP contribution < -0.4 is 0 Å². The first-order chi connectivity index (χ1) is 6.40. The van der Waals surface area contributed by atoms with E-state index in [1.54, 1.807) is 24.7 Å². The minimum Gasteiger partial charge on any atom is -0.504 e. The lowest BCUT2D eigenvalue weighted by Gasteiger charge is -1.82. The van der Waals surface area contributed by atoms with Gasteiger partial charge in [0, 0.05) is 6.08 Å². The van der Waals surface area contributed by atoms with Gasteiger partial charge in [0.1, 0.15) is 5.01 Å². The Morgan fingerprint density at radius 2 is 2.23 bits per heavy atom. The van der Waals surface area contributed by atoms with Crippen LogP contribution in [0.1, 0.15) is 5.01 Å². The van der Waals surface area contributed by atoms with Crippen LogP contribution in [0.25, 0.3) is 16.3 Å². The lowest BCUT2D eigenvalue weighted by Crippen LogP contribution is -1.69. The Morgan fingerprint density at radius 1 is 1.38 bits per heavy atom. The highest BCUT2D eigenvalue weighted by Crippen LogP contribution is 2.22. The Morgan fingerprint density at radius 3 is 3.00 bits per heavy atom. The molecule has 0 aliphatic heterocycles. The second-order valence-corrected chi connectivity index (χ2v) is 3.62. The fourth-order valence-electron chi connectivity index (χ4n) is 1.09. The van der Waals surface area contributed by atoms with Crippen molar-refractivity contribution >= 4 is 27.6 Å². The van der Waals surface area contributed by atoms with Gasteiger partial charge in [-0.15, -0.1) is 11.3 Å². The van der Waals surface area contributed by atoms with Gasteiger partial charge < -0.3 is 4.74 Å². The van der Waals surface area contributed by atoms with Crippen molar-refractivity contribution in [1.29, 1.82) is 0 Å². The molecule has 1 aromatic carbocycles. The van der Waals surface area contributed by atoms with Crippen LogP contribution in [0, 0.1) is 0 Å². The number of benzene rings is 1. The summed E-state index contributed by atoms with van der Waals surface area (Å²) in [4.78, 5) is 4.40. The maximum absolute atomic E-state index is 4.83. The molecule has 0 atom stereocenters. The maximum Gasteiger partial charge on any atom is 0.120 e. The monoisotopic (exact) mass is 191 g/mol. The average Bonchev–Trinajstić information content (AvgIpc) is 2.57. The maximum atomic E-state index is 4.83. The predicted octanol–water partition coefficient (Wildman–Crippen LogP) is 2.91. The first kappa shape index (κ1) is 8.26. The molecule has 0 unspecified atom stereocenters. The Balaban J connectivity index is 2.44. The summed E-state index contributed by atoms with van der Waals surface area (Å²) in [6.07, 6.45) is 3.50. The van der Waals surface area contributed by atoms with Crippen molar-refractivity contribution in [3.05, 3.63) is 35.5 Å². The molecule has 0 saturated heterocycles. The van der Waals surface area contributed by atoms with Gasteiger partial charge >= 0.3 is 0 Å². The zero-order valence-corrected chi connectivity index (χ0v) is 8.04. The number of para-hydroxylation sites is 1. The van der Waals surface area contributed by atoms with E-state index in [0.717, 1.165) is 10.5 Å². The molecule has 0 aliphatic rings. The molecule has 66 valence electrons. The van der Waals surface area contributed by atoms with Crippen LogP contribution in [0.2, 0.25) is 0 Å². The highest BCUT2D eigenvalue weighted by Gasteiger charge is 1.98. The van der Waals surface area contributed by atoms with Gasteiger partial charge in [0.2, 0.25) is 0 Å². The van der Waals surface area contributed by atoms with Crippen molar-refractivity contribution in [3.8, 4) is 0 Å². The summed E-state index contributed by atoms with van der Waals surface area (Å²) in [5, 5.41) is 0.975. The molecule has 0 amide bonds. The summed E-state index contributed by atoms with van der Waals surface area (Å²) in [5.41, 5.74) is 1.04. The van der Waals surface area contributed by atoms with Gasteiger partial charge in [-0.1, -0.05) is 12.1 Å². The van der Waals surface area contributed by atoms with E-state index in [2.05, 4.69) is 11.1 Å². The van der Waals surface area contributed by atoms with E-state index >= 15 is 0 Å². The van der Waals surface area contributed by atoms with E-state index in [1.165, 1.54) is 4.70 Å². The van der Waals surface area contributed by atoms with Gasteiger partial charge in [-0.25, -0.2) is 4.98 Å². The van der Waals surface area contributed by atoms with Gasteiger partial charge in [0.15, 0.2) is 0 Å². The molecule has 0 N–H and O–H groups in total. The number of methoxy groups -OCH3 is 1. The molecule has 0 bridgehead atoms. The lowest BCUT2D eigenvalue weighted by atomic mass is 10.3. The Hall–Kier alpha value is -1.35. The van der Waals surface area contributed by atoms with Crippen molar-refractivity contribution in [2.75, 3.05) is 7.11 Å². The van der Waals surface area contributed by atoms with Crippen LogP contribution in [-0.4, -0.2) is 12.1 Å². The lowest BCUT2D eigenvalue weighted by molar-refractivity contribution is 0.341. The van der Waals surface area contributed by atoms with Crippen LogP contribution in [0.3, 0.4) is 0 Å². The summed E-state index contributed by atoms with van der Waals surface area (Å²) >= 11 is 1.66. The van der Waals surface area contributed by atoms with E-state index in [1.807, 2.05) is 24.3 Å². The third kappa shape index (κ3) is 1.70. The summed E-state index contributed by atoms with van der Waals surface area (Å²) in [6.45, 7) is 0. The Labute approximate surface area is 80.5 Å². The first-order valence-corrected chi connectivity index (χ1v) is 4.77. The number of hydrogen-bond donors (Lipinski definition) is 0. The van der Waals surface area contributed by atoms with Crippen molar-refractivity contribution in [2.45, 2.75) is 0 Å². The van der Waals surface area contributed by atoms with Gasteiger partial charge in [0.25, 0.3) is 0 Å². The van der Waals surface area contributed by atoms with Gasteiger partial charge in [0.05, 0.1) is 23.6 Å². The topological polar surface area (TPSA) is 22.1 Å². The number of nitrogens with zero attached hydrogens (tertiary/aromatic N) is 1. The summed E-state index contributed by atoms with van der Waals surface area (Å²) in [6, 6.07) is 8.09. The van der Waals surface area contributed by atoms with E-state index in [-0.39, 0.29) is 0 Å². The molecular formula is C10H9NOS. The molecule has 1 aromatic heterocycles. The quantitative estimate of drug-likeness (QED) is 0.681. The largest absolute Gasteiger partial charge is 0.504 e. The van der Waals surface area contributed by atoms with Crippen LogP contribution in [0.15, 0.2) is 30.5 Å². The third-order valence-electron chi connectivity index (χ3n) is 1.66. The molecule has 0 fully saturated rings. The molecule has 13 heavy (non-hydrogen) atoms. The van der Waals surface area contributed by atoms with E-state index in [0.29, 0.717) is 0 Å². The SMILES string of the molecule is CO/C=C\c1nc2ccccc2s1. The number of ether oxygens (including phenoxy) is 1. The molecule has 0 saturated carbocycles. The van der Waals surface area contributed by atoms with Crippen LogP contribution in [0.4, 0.5) is 0 Å². The highest BCUT2D eigenvalue weighted by molar-refractivity contribution is 7.19. The van der Waals surface area contributed by atoms with E-state index in [4.69, 9.17) is 4.74 Å². The Kier molecular flexibility index (Phi) is 2.27. The van der Waals surface area contributed by atoms with Crippen molar-refractivity contribution in [2.24, 2.45) is 0 Å². The fraction of sp³-hybridized carbons (Fsp3) is 0.100. The summed E-state index contributed by atoms with van der Waals surface area (Å²) in [7, 11) is 1.63. The molecule has 1 heterocycles. The second kappa shape index (κ2) is 3.58. The number of aromatic nitrogens is 1. The molecule has 2 aromatic rings. The number of thiazole rings is 1. The van der Waals surface area contributed by atoms with Gasteiger partial charge in [-0.05, 0) is 12.1 Å². The molecule has 0 aliphatic carbocycles. The zero-order valence-electron chi connectivity index (χ0n) is 7.23. The van der Waals surface area contributed by atoms with Gasteiger partial charge in [-0.3, -0.25) is 0 Å². The summed E-state index contributed by atoms with van der Waals surface area (Å²) < 4.78 is 6.03. The number of rotatable bonds is 2. The molecule has 3 heteroatoms. The third-order valence-corrected chi connectivity index (χ3v) is 2.66. The normalized spacial score (nSPS) is 11.2. The molecule has 2 nitrogen and oxygen atoms in total. The van der Waals surface area contributed by atoms with Crippen molar-refractivity contribution in [1.82, 2.24) is 4.98 Å². The smallest absolute Gasteiger partial charge is 0.120 e. The zero-order chi connectivity index (χ0) is 9.10. The first-order valence-electron chi connectivity index (χ1n) is 3.95. The summed E-state index contributed by atoms with van der Waals surface area (Å²) in [5.74, 6) is 0.